The largest absolute Gasteiger partial charge is 0.368 e. The van der Waals surface area contributed by atoms with Crippen LogP contribution >= 0.6 is 46.4 Å². The lowest BCUT2D eigenvalue weighted by Crippen LogP contribution is -2.58. The van der Waals surface area contributed by atoms with E-state index in [-0.39, 0.29) is 18.4 Å². The summed E-state index contributed by atoms with van der Waals surface area (Å²) in [6, 6.07) is 19.7. The van der Waals surface area contributed by atoms with Gasteiger partial charge in [-0.1, -0.05) is 88.9 Å². The summed E-state index contributed by atoms with van der Waals surface area (Å²) in [6.07, 6.45) is 2.93. The van der Waals surface area contributed by atoms with Gasteiger partial charge >= 0.3 is 0 Å². The number of nitrogens with two attached hydrogens (primary N) is 1. The van der Waals surface area contributed by atoms with Gasteiger partial charge in [-0.2, -0.15) is 0 Å². The lowest BCUT2D eigenvalue weighted by Gasteiger charge is -2.43. The molecule has 9 heteroatoms. The van der Waals surface area contributed by atoms with Crippen molar-refractivity contribution in [1.29, 1.82) is 0 Å². The fourth-order valence-corrected chi connectivity index (χ4v) is 6.91. The van der Waals surface area contributed by atoms with Crippen LogP contribution in [0.25, 0.3) is 0 Å². The number of carbonyl (C=O) groups is 2. The molecule has 40 heavy (non-hydrogen) atoms. The monoisotopic (exact) mass is 617 g/mol. The van der Waals surface area contributed by atoms with Gasteiger partial charge in [0, 0.05) is 52.2 Å². The van der Waals surface area contributed by atoms with Gasteiger partial charge in [0.15, 0.2) is 0 Å². The predicted molar refractivity (Wildman–Crippen MR) is 162 cm³/mol. The van der Waals surface area contributed by atoms with E-state index < -0.39 is 17.4 Å². The smallest absolute Gasteiger partial charge is 0.240 e. The number of nitrogens with zero attached hydrogens (tertiary/aromatic N) is 2. The first-order chi connectivity index (χ1) is 19.2. The number of hydrogen-bond donors (Lipinski definition) is 1. The van der Waals surface area contributed by atoms with Gasteiger partial charge in [-0.25, -0.2) is 0 Å². The number of carbonyl (C=O) groups excluding carboxylic acids is 2. The van der Waals surface area contributed by atoms with E-state index in [1.807, 2.05) is 24.3 Å². The van der Waals surface area contributed by atoms with Gasteiger partial charge in [0.2, 0.25) is 11.8 Å². The Morgan fingerprint density at radius 3 is 2.10 bits per heavy atom. The maximum absolute atomic E-state index is 14.6. The summed E-state index contributed by atoms with van der Waals surface area (Å²) in [5.41, 5.74) is 7.93. The second-order valence-corrected chi connectivity index (χ2v) is 12.5. The van der Waals surface area contributed by atoms with Crippen molar-refractivity contribution in [3.05, 3.63) is 104 Å². The number of halogens is 4. The summed E-state index contributed by atoms with van der Waals surface area (Å²) in [5, 5.41) is 1.89. The molecule has 3 aromatic carbocycles. The number of rotatable bonds is 9. The predicted octanol–water partition coefficient (Wildman–Crippen LogP) is 6.92. The number of likely N-dealkylation sites (tertiary alicyclic amines) is 1. The van der Waals surface area contributed by atoms with E-state index in [0.717, 1.165) is 38.0 Å². The molecule has 2 amide bonds. The van der Waals surface area contributed by atoms with Crippen molar-refractivity contribution in [1.82, 2.24) is 9.80 Å². The molecule has 2 aliphatic rings. The van der Waals surface area contributed by atoms with E-state index in [4.69, 9.17) is 52.1 Å². The second-order valence-electron chi connectivity index (χ2n) is 10.8. The molecule has 0 bridgehead atoms. The van der Waals surface area contributed by atoms with Crippen LogP contribution in [0, 0.1) is 0 Å². The summed E-state index contributed by atoms with van der Waals surface area (Å²) >= 11 is 25.4. The molecule has 1 aliphatic heterocycles. The third kappa shape index (κ3) is 6.29. The van der Waals surface area contributed by atoms with E-state index in [0.29, 0.717) is 38.5 Å². The van der Waals surface area contributed by atoms with Gasteiger partial charge in [0.05, 0.1) is 5.41 Å². The average Bonchev–Trinajstić information content (AvgIpc) is 3.72. The summed E-state index contributed by atoms with van der Waals surface area (Å²) in [6.45, 7) is 2.43. The van der Waals surface area contributed by atoms with Crippen LogP contribution in [0.4, 0.5) is 0 Å². The Labute approximate surface area is 255 Å². The molecule has 3 aromatic rings. The van der Waals surface area contributed by atoms with E-state index in [9.17, 15) is 9.59 Å². The van der Waals surface area contributed by atoms with E-state index >= 15 is 0 Å². The average molecular weight is 619 g/mol. The molecule has 5 nitrogen and oxygen atoms in total. The highest BCUT2D eigenvalue weighted by Crippen LogP contribution is 2.53. The minimum atomic E-state index is -0.875. The Kier molecular flexibility index (Phi) is 8.98. The van der Waals surface area contributed by atoms with Crippen LogP contribution in [-0.2, 0) is 28.0 Å². The molecule has 210 valence electrons. The van der Waals surface area contributed by atoms with Gasteiger partial charge in [0.25, 0.3) is 0 Å². The lowest BCUT2D eigenvalue weighted by atomic mass is 9.89. The number of hydrogen-bond acceptors (Lipinski definition) is 3. The first-order valence-corrected chi connectivity index (χ1v) is 15.0. The van der Waals surface area contributed by atoms with Crippen LogP contribution in [0.15, 0.2) is 66.7 Å². The van der Waals surface area contributed by atoms with Gasteiger partial charge in [-0.3, -0.25) is 14.5 Å². The van der Waals surface area contributed by atoms with Gasteiger partial charge in [-0.15, -0.1) is 0 Å². The zero-order chi connectivity index (χ0) is 28.4. The van der Waals surface area contributed by atoms with Crippen molar-refractivity contribution in [2.24, 2.45) is 5.73 Å². The molecule has 0 aromatic heterocycles. The molecule has 1 saturated heterocycles. The summed E-state index contributed by atoms with van der Waals surface area (Å²) in [7, 11) is 0. The van der Waals surface area contributed by atoms with Crippen molar-refractivity contribution >= 4 is 58.2 Å². The van der Waals surface area contributed by atoms with E-state index in [2.05, 4.69) is 17.0 Å². The minimum Gasteiger partial charge on any atom is -0.368 e. The van der Waals surface area contributed by atoms with Crippen molar-refractivity contribution in [2.75, 3.05) is 13.1 Å². The van der Waals surface area contributed by atoms with Crippen LogP contribution in [-0.4, -0.2) is 46.8 Å². The maximum atomic E-state index is 14.6. The number of piperidine rings is 1. The number of primary amides is 1. The van der Waals surface area contributed by atoms with Crippen molar-refractivity contribution in [3.63, 3.8) is 0 Å². The molecule has 1 atom stereocenters. The van der Waals surface area contributed by atoms with Crippen LogP contribution in [0.1, 0.15) is 42.4 Å². The van der Waals surface area contributed by atoms with Crippen LogP contribution in [0.3, 0.4) is 0 Å². The third-order valence-electron chi connectivity index (χ3n) is 8.13. The SMILES string of the molecule is NC(=O)[C@H](Cc1ccc(Cl)cc1Cl)N(C(=O)C1(c2ccc(Cl)cc2Cl)CC1)C1CCN(Cc2ccccc2)CC1. The Morgan fingerprint density at radius 1 is 0.900 bits per heavy atom. The first kappa shape index (κ1) is 29.2. The molecule has 2 N–H and O–H groups in total. The Balaban J connectivity index is 1.45. The molecule has 0 radical (unpaired) electrons. The van der Waals surface area contributed by atoms with Crippen molar-refractivity contribution < 1.29 is 9.59 Å². The Bertz CT molecular complexity index is 1390. The van der Waals surface area contributed by atoms with E-state index in [1.54, 1.807) is 35.2 Å². The second kappa shape index (κ2) is 12.3. The summed E-state index contributed by atoms with van der Waals surface area (Å²) < 4.78 is 0. The molecule has 5 rings (SSSR count). The molecular formula is C31H31Cl4N3O2. The number of benzene rings is 3. The third-order valence-corrected chi connectivity index (χ3v) is 9.27. The van der Waals surface area contributed by atoms with Crippen LogP contribution in [0.5, 0.6) is 0 Å². The van der Waals surface area contributed by atoms with Crippen molar-refractivity contribution in [3.8, 4) is 0 Å². The van der Waals surface area contributed by atoms with E-state index in [1.165, 1.54) is 5.56 Å². The van der Waals surface area contributed by atoms with Gasteiger partial charge < -0.3 is 10.6 Å². The van der Waals surface area contributed by atoms with Crippen molar-refractivity contribution in [2.45, 2.75) is 56.1 Å². The van der Waals surface area contributed by atoms with Gasteiger partial charge in [0.1, 0.15) is 6.04 Å². The topological polar surface area (TPSA) is 66.6 Å². The molecule has 2 fully saturated rings. The van der Waals surface area contributed by atoms with Gasteiger partial charge in [-0.05, 0) is 66.6 Å². The summed E-state index contributed by atoms with van der Waals surface area (Å²) in [5.74, 6) is -0.684. The fourth-order valence-electron chi connectivity index (χ4n) is 5.84. The highest BCUT2D eigenvalue weighted by molar-refractivity contribution is 6.35. The number of amides is 2. The quantitative estimate of drug-likeness (QED) is 0.283. The Morgan fingerprint density at radius 2 is 1.52 bits per heavy atom. The zero-order valence-corrected chi connectivity index (χ0v) is 25.0. The normalized spacial score (nSPS) is 17.8. The molecular weight excluding hydrogens is 588 g/mol. The molecule has 1 aliphatic carbocycles. The van der Waals surface area contributed by atoms with Crippen LogP contribution in [0.2, 0.25) is 20.1 Å². The fraction of sp³-hybridized carbons (Fsp3) is 0.355. The summed E-state index contributed by atoms with van der Waals surface area (Å²) in [4.78, 5) is 31.8. The van der Waals surface area contributed by atoms with Crippen LogP contribution < -0.4 is 5.73 Å². The minimum absolute atomic E-state index is 0.118. The first-order valence-electron chi connectivity index (χ1n) is 13.5. The standard InChI is InChI=1S/C31H31Cl4N3O2/c32-22-7-6-21(26(34)17-22)16-28(29(36)39)38(24-10-14-37(15-11-24)19-20-4-2-1-3-5-20)30(40)31(12-13-31)25-9-8-23(33)18-27(25)35/h1-9,17-18,24,28H,10-16,19H2,(H2,36,39)/t28-/m0/s1. The molecule has 1 saturated carbocycles. The Hall–Kier alpha value is -2.28. The maximum Gasteiger partial charge on any atom is 0.240 e. The highest BCUT2D eigenvalue weighted by atomic mass is 35.5. The zero-order valence-electron chi connectivity index (χ0n) is 22.0. The lowest BCUT2D eigenvalue weighted by molar-refractivity contribution is -0.145. The molecule has 0 unspecified atom stereocenters. The molecule has 0 spiro atoms. The highest BCUT2D eigenvalue weighted by Gasteiger charge is 2.56. The molecule has 1 heterocycles.